The van der Waals surface area contributed by atoms with Gasteiger partial charge in [0.25, 0.3) is 0 Å². The maximum absolute atomic E-state index is 12.5. The van der Waals surface area contributed by atoms with Gasteiger partial charge >= 0.3 is 6.03 Å². The number of hydrogen-bond acceptors (Lipinski definition) is 6. The Morgan fingerprint density at radius 2 is 1.60 bits per heavy atom. The van der Waals surface area contributed by atoms with Gasteiger partial charge in [0.1, 0.15) is 0 Å². The van der Waals surface area contributed by atoms with E-state index in [0.717, 1.165) is 48.3 Å². The summed E-state index contributed by atoms with van der Waals surface area (Å²) in [6, 6.07) is 11.9. The van der Waals surface area contributed by atoms with Crippen LogP contribution in [0, 0.1) is 5.92 Å². The van der Waals surface area contributed by atoms with Gasteiger partial charge < -0.3 is 25.0 Å². The van der Waals surface area contributed by atoms with Crippen LogP contribution < -0.4 is 25.0 Å². The summed E-state index contributed by atoms with van der Waals surface area (Å²) in [5.74, 6) is 1.46. The molecule has 2 aliphatic heterocycles. The minimum atomic E-state index is -0.259. The van der Waals surface area contributed by atoms with Crippen LogP contribution in [-0.2, 0) is 11.2 Å². The Kier molecular flexibility index (Phi) is 7.43. The van der Waals surface area contributed by atoms with E-state index in [0.29, 0.717) is 30.2 Å². The minimum Gasteiger partial charge on any atom is -0.493 e. The molecule has 1 fully saturated rings. The topological polar surface area (TPSA) is 95.5 Å². The first-order valence-corrected chi connectivity index (χ1v) is 11.9. The average Bonchev–Trinajstić information content (AvgIpc) is 3.11. The first-order valence-electron chi connectivity index (χ1n) is 11.9. The van der Waals surface area contributed by atoms with Gasteiger partial charge in [-0.25, -0.2) is 9.80 Å². The van der Waals surface area contributed by atoms with Gasteiger partial charge in [-0.15, -0.1) is 0 Å². The highest BCUT2D eigenvalue weighted by molar-refractivity contribution is 6.14. The lowest BCUT2D eigenvalue weighted by molar-refractivity contribution is -0.125. The minimum absolute atomic E-state index is 0.0787. The number of carbonyl (C=O) groups excluding carboxylic acids is 2. The molecule has 186 valence electrons. The van der Waals surface area contributed by atoms with E-state index in [2.05, 4.69) is 27.7 Å². The lowest BCUT2D eigenvalue weighted by Crippen LogP contribution is -2.39. The zero-order valence-electron chi connectivity index (χ0n) is 20.8. The molecule has 35 heavy (non-hydrogen) atoms. The molecule has 0 aliphatic carbocycles. The van der Waals surface area contributed by atoms with Crippen molar-refractivity contribution < 1.29 is 19.1 Å². The highest BCUT2D eigenvalue weighted by Crippen LogP contribution is 2.34. The molecule has 4 rings (SSSR count). The van der Waals surface area contributed by atoms with Crippen molar-refractivity contribution in [3.05, 3.63) is 53.1 Å². The van der Waals surface area contributed by atoms with Crippen molar-refractivity contribution in [1.82, 2.24) is 15.6 Å². The molecule has 1 saturated heterocycles. The first-order chi connectivity index (χ1) is 17.0. The number of carbonyl (C=O) groups is 2. The molecule has 0 saturated carbocycles. The fraction of sp³-hybridized carbons (Fsp3) is 0.423. The van der Waals surface area contributed by atoms with Crippen LogP contribution in [0.15, 0.2) is 41.5 Å². The van der Waals surface area contributed by atoms with Crippen molar-refractivity contribution in [2.75, 3.05) is 52.8 Å². The molecule has 0 spiro atoms. The number of hydrogen-bond donors (Lipinski definition) is 2. The Morgan fingerprint density at radius 1 is 0.943 bits per heavy atom. The fourth-order valence-corrected chi connectivity index (χ4v) is 4.72. The third-order valence-electron chi connectivity index (χ3n) is 6.74. The second kappa shape index (κ2) is 10.7. The van der Waals surface area contributed by atoms with Gasteiger partial charge in [0.05, 0.1) is 26.5 Å². The molecular formula is C26H33N5O4. The molecule has 3 amide bonds. The number of rotatable bonds is 5. The summed E-state index contributed by atoms with van der Waals surface area (Å²) in [5, 5.41) is 11.6. The van der Waals surface area contributed by atoms with Gasteiger partial charge in [0.2, 0.25) is 5.91 Å². The standard InChI is InChI=1S/C26H33N5O4/c1-27-25(32)18-9-12-30(13-10-18)20-7-5-17(6-8-20)24-21-16-23(35-4)22(34-3)15-19(21)11-14-31(29-24)26(33)28-2/h5-8,15-16,18H,9-14H2,1-4H3,(H,27,32)(H,28,33). The molecule has 2 aliphatic rings. The Labute approximate surface area is 206 Å². The largest absolute Gasteiger partial charge is 0.493 e. The summed E-state index contributed by atoms with van der Waals surface area (Å²) in [7, 11) is 6.52. The van der Waals surface area contributed by atoms with E-state index in [4.69, 9.17) is 14.6 Å². The summed E-state index contributed by atoms with van der Waals surface area (Å²) < 4.78 is 11.1. The molecule has 9 heteroatoms. The summed E-state index contributed by atoms with van der Waals surface area (Å²) in [5.41, 5.74) is 4.65. The van der Waals surface area contributed by atoms with Crippen LogP contribution in [0.5, 0.6) is 11.5 Å². The molecule has 9 nitrogen and oxygen atoms in total. The average molecular weight is 480 g/mol. The lowest BCUT2D eigenvalue weighted by atomic mass is 9.94. The van der Waals surface area contributed by atoms with Crippen molar-refractivity contribution in [1.29, 1.82) is 0 Å². The summed E-state index contributed by atoms with van der Waals surface area (Å²) in [4.78, 5) is 26.7. The first kappa shape index (κ1) is 24.4. The number of amides is 3. The van der Waals surface area contributed by atoms with Crippen LogP contribution in [0.4, 0.5) is 10.5 Å². The molecule has 0 radical (unpaired) electrons. The Balaban J connectivity index is 1.65. The summed E-state index contributed by atoms with van der Waals surface area (Å²) in [6.07, 6.45) is 2.31. The highest BCUT2D eigenvalue weighted by atomic mass is 16.5. The highest BCUT2D eigenvalue weighted by Gasteiger charge is 2.26. The number of nitrogens with one attached hydrogen (secondary N) is 2. The molecule has 0 unspecified atom stereocenters. The smallest absolute Gasteiger partial charge is 0.337 e. The molecule has 2 N–H and O–H groups in total. The zero-order chi connectivity index (χ0) is 24.9. The van der Waals surface area contributed by atoms with Crippen LogP contribution in [0.25, 0.3) is 0 Å². The monoisotopic (exact) mass is 479 g/mol. The van der Waals surface area contributed by atoms with Crippen LogP contribution in [0.3, 0.4) is 0 Å². The number of methoxy groups -OCH3 is 2. The maximum atomic E-state index is 12.5. The second-order valence-electron chi connectivity index (χ2n) is 8.66. The van der Waals surface area contributed by atoms with Crippen molar-refractivity contribution in [2.24, 2.45) is 11.0 Å². The van der Waals surface area contributed by atoms with Gasteiger partial charge in [-0.05, 0) is 49.1 Å². The number of urea groups is 1. The van der Waals surface area contributed by atoms with Gasteiger partial charge in [-0.3, -0.25) is 4.79 Å². The molecule has 2 aromatic carbocycles. The van der Waals surface area contributed by atoms with Gasteiger partial charge in [0.15, 0.2) is 11.5 Å². The normalized spacial score (nSPS) is 16.1. The summed E-state index contributed by atoms with van der Waals surface area (Å²) >= 11 is 0. The van der Waals surface area contributed by atoms with Crippen molar-refractivity contribution >= 4 is 23.3 Å². The van der Waals surface area contributed by atoms with Crippen molar-refractivity contribution in [3.8, 4) is 11.5 Å². The van der Waals surface area contributed by atoms with E-state index in [1.54, 1.807) is 28.3 Å². The molecule has 0 atom stereocenters. The third kappa shape index (κ3) is 5.03. The van der Waals surface area contributed by atoms with Crippen LogP contribution in [0.2, 0.25) is 0 Å². The van der Waals surface area contributed by atoms with Crippen molar-refractivity contribution in [3.63, 3.8) is 0 Å². The van der Waals surface area contributed by atoms with Gasteiger partial charge in [0, 0.05) is 49.9 Å². The van der Waals surface area contributed by atoms with Crippen molar-refractivity contribution in [2.45, 2.75) is 19.3 Å². The number of ether oxygens (including phenoxy) is 2. The van der Waals surface area contributed by atoms with E-state index in [-0.39, 0.29) is 17.9 Å². The second-order valence-corrected chi connectivity index (χ2v) is 8.66. The number of piperidine rings is 1. The lowest BCUT2D eigenvalue weighted by Gasteiger charge is -2.33. The Bertz CT molecular complexity index is 1110. The van der Waals surface area contributed by atoms with Crippen LogP contribution in [0.1, 0.15) is 29.5 Å². The van der Waals surface area contributed by atoms with E-state index in [1.807, 2.05) is 24.3 Å². The molecule has 0 bridgehead atoms. The predicted molar refractivity (Wildman–Crippen MR) is 135 cm³/mol. The SMILES string of the molecule is CNC(=O)C1CCN(c2ccc(C3=NN(C(=O)NC)CCc4cc(OC)c(OC)cc43)cc2)CC1. The van der Waals surface area contributed by atoms with Crippen LogP contribution in [-0.4, -0.2) is 70.6 Å². The predicted octanol–water partition coefficient (Wildman–Crippen LogP) is 2.62. The maximum Gasteiger partial charge on any atom is 0.337 e. The molecule has 2 heterocycles. The number of benzene rings is 2. The third-order valence-corrected chi connectivity index (χ3v) is 6.74. The van der Waals surface area contributed by atoms with E-state index in [1.165, 1.54) is 5.01 Å². The number of nitrogens with zero attached hydrogens (tertiary/aromatic N) is 3. The zero-order valence-corrected chi connectivity index (χ0v) is 20.8. The quantitative estimate of drug-likeness (QED) is 0.688. The van der Waals surface area contributed by atoms with Gasteiger partial charge in [-0.2, -0.15) is 5.10 Å². The van der Waals surface area contributed by atoms with Crippen LogP contribution >= 0.6 is 0 Å². The van der Waals surface area contributed by atoms with E-state index >= 15 is 0 Å². The Morgan fingerprint density at radius 3 is 2.20 bits per heavy atom. The number of fused-ring (bicyclic) bond motifs is 1. The summed E-state index contributed by atoms with van der Waals surface area (Å²) in [6.45, 7) is 2.12. The Hall–Kier alpha value is -3.75. The van der Waals surface area contributed by atoms with E-state index in [9.17, 15) is 9.59 Å². The molecular weight excluding hydrogens is 446 g/mol. The van der Waals surface area contributed by atoms with Gasteiger partial charge in [-0.1, -0.05) is 12.1 Å². The van der Waals surface area contributed by atoms with E-state index < -0.39 is 0 Å². The number of hydrazone groups is 1. The number of anilines is 1. The molecule has 2 aromatic rings. The molecule has 0 aromatic heterocycles. The fourth-order valence-electron chi connectivity index (χ4n) is 4.72.